The summed E-state index contributed by atoms with van der Waals surface area (Å²) < 4.78 is 11.9. The number of rotatable bonds is 3. The molecule has 1 fully saturated rings. The second-order valence-electron chi connectivity index (χ2n) is 5.92. The van der Waals surface area contributed by atoms with Gasteiger partial charge in [-0.2, -0.15) is 0 Å². The molecule has 6 heteroatoms. The largest absolute Gasteiger partial charge is 0.498 e. The predicted octanol–water partition coefficient (Wildman–Crippen LogP) is 1.23. The number of hydrogen-bond acceptors (Lipinski definition) is 5. The third-order valence-electron chi connectivity index (χ3n) is 4.00. The van der Waals surface area contributed by atoms with Crippen molar-refractivity contribution in [1.82, 2.24) is 9.97 Å². The maximum absolute atomic E-state index is 5.96. The Labute approximate surface area is 115 Å². The Morgan fingerprint density at radius 2 is 1.58 bits per heavy atom. The lowest BCUT2D eigenvalue weighted by Gasteiger charge is -2.32. The molecule has 0 unspecified atom stereocenters. The van der Waals surface area contributed by atoms with E-state index < -0.39 is 7.12 Å². The van der Waals surface area contributed by atoms with Crippen LogP contribution in [0.3, 0.4) is 0 Å². The molecule has 0 radical (unpaired) electrons. The minimum absolute atomic E-state index is 0.337. The third-order valence-corrected chi connectivity index (χ3v) is 4.00. The number of nitrogens with zero attached hydrogens (tertiary/aromatic N) is 3. The minimum Gasteiger partial charge on any atom is -0.399 e. The number of anilines is 1. The Morgan fingerprint density at radius 3 is 2.00 bits per heavy atom. The summed E-state index contributed by atoms with van der Waals surface area (Å²) in [4.78, 5) is 10.7. The van der Waals surface area contributed by atoms with E-state index >= 15 is 0 Å². The molecule has 0 N–H and O–H groups in total. The van der Waals surface area contributed by atoms with Crippen LogP contribution < -0.4 is 10.4 Å². The molecule has 2 rings (SSSR count). The molecule has 104 valence electrons. The monoisotopic (exact) mass is 263 g/mol. The second kappa shape index (κ2) is 4.76. The Bertz CT molecular complexity index is 432. The van der Waals surface area contributed by atoms with Crippen molar-refractivity contribution in [2.24, 2.45) is 0 Å². The fourth-order valence-electron chi connectivity index (χ4n) is 1.77. The predicted molar refractivity (Wildman–Crippen MR) is 76.7 cm³/mol. The summed E-state index contributed by atoms with van der Waals surface area (Å²) in [7, 11) is 1.56. The average Bonchev–Trinajstić information content (AvgIpc) is 2.58. The van der Waals surface area contributed by atoms with Crippen molar-refractivity contribution in [2.45, 2.75) is 45.8 Å². The van der Waals surface area contributed by atoms with Crippen LogP contribution in [0.5, 0.6) is 0 Å². The smallest absolute Gasteiger partial charge is 0.399 e. The summed E-state index contributed by atoms with van der Waals surface area (Å²) in [6.07, 6.45) is 3.55. The lowest BCUT2D eigenvalue weighted by molar-refractivity contribution is 0.00578. The molecule has 0 aliphatic carbocycles. The lowest BCUT2D eigenvalue weighted by Crippen LogP contribution is -2.41. The van der Waals surface area contributed by atoms with Crippen molar-refractivity contribution in [2.75, 3.05) is 18.5 Å². The fourth-order valence-corrected chi connectivity index (χ4v) is 1.77. The first-order valence-electron chi connectivity index (χ1n) is 6.65. The number of hydrogen-bond donors (Lipinski definition) is 0. The highest BCUT2D eigenvalue weighted by molar-refractivity contribution is 6.61. The van der Waals surface area contributed by atoms with E-state index in [4.69, 9.17) is 9.31 Å². The summed E-state index contributed by atoms with van der Waals surface area (Å²) in [6.45, 7) is 11.1. The van der Waals surface area contributed by atoms with Crippen LogP contribution in [-0.4, -0.2) is 41.9 Å². The Kier molecular flexibility index (Phi) is 3.58. The van der Waals surface area contributed by atoms with E-state index in [-0.39, 0.29) is 11.2 Å². The molecule has 19 heavy (non-hydrogen) atoms. The first-order chi connectivity index (χ1) is 8.77. The zero-order valence-electron chi connectivity index (χ0n) is 12.6. The molecule has 1 aliphatic rings. The zero-order chi connectivity index (χ0) is 14.3. The SMILES string of the molecule is CCN(C)c1ncc(B2OC(C)(C)C(C)(C)O2)cn1. The fraction of sp³-hybridized carbons (Fsp3) is 0.692. The molecule has 2 heterocycles. The first-order valence-corrected chi connectivity index (χ1v) is 6.65. The molecule has 1 aliphatic heterocycles. The normalized spacial score (nSPS) is 20.6. The van der Waals surface area contributed by atoms with Crippen LogP contribution in [0.15, 0.2) is 12.4 Å². The lowest BCUT2D eigenvalue weighted by atomic mass is 9.81. The van der Waals surface area contributed by atoms with E-state index in [2.05, 4.69) is 16.9 Å². The molecule has 5 nitrogen and oxygen atoms in total. The quantitative estimate of drug-likeness (QED) is 0.768. The summed E-state index contributed by atoms with van der Waals surface area (Å²) in [5.41, 5.74) is 0.180. The Hall–Kier alpha value is -1.14. The van der Waals surface area contributed by atoms with Gasteiger partial charge >= 0.3 is 7.12 Å². The van der Waals surface area contributed by atoms with Crippen molar-refractivity contribution in [3.63, 3.8) is 0 Å². The van der Waals surface area contributed by atoms with Gasteiger partial charge in [-0.1, -0.05) is 0 Å². The van der Waals surface area contributed by atoms with Crippen LogP contribution in [0.25, 0.3) is 0 Å². The van der Waals surface area contributed by atoms with Gasteiger partial charge in [0.1, 0.15) is 0 Å². The van der Waals surface area contributed by atoms with E-state index in [1.54, 1.807) is 12.4 Å². The summed E-state index contributed by atoms with van der Waals surface area (Å²) in [5.74, 6) is 0.711. The average molecular weight is 263 g/mol. The van der Waals surface area contributed by atoms with Crippen molar-refractivity contribution in [3.8, 4) is 0 Å². The van der Waals surface area contributed by atoms with Gasteiger partial charge in [-0.3, -0.25) is 0 Å². The second-order valence-corrected chi connectivity index (χ2v) is 5.92. The zero-order valence-corrected chi connectivity index (χ0v) is 12.6. The summed E-state index contributed by atoms with van der Waals surface area (Å²) in [6, 6.07) is 0. The van der Waals surface area contributed by atoms with Gasteiger partial charge in [0.2, 0.25) is 5.95 Å². The molecular weight excluding hydrogens is 241 g/mol. The Morgan fingerprint density at radius 1 is 1.11 bits per heavy atom. The molecular formula is C13H22BN3O2. The van der Waals surface area contributed by atoms with E-state index in [0.29, 0.717) is 5.95 Å². The molecule has 0 aromatic carbocycles. The van der Waals surface area contributed by atoms with Crippen LogP contribution in [0.4, 0.5) is 5.95 Å². The van der Waals surface area contributed by atoms with Gasteiger partial charge in [0.15, 0.2) is 0 Å². The third kappa shape index (κ3) is 2.60. The maximum Gasteiger partial charge on any atom is 0.498 e. The highest BCUT2D eigenvalue weighted by atomic mass is 16.7. The van der Waals surface area contributed by atoms with Gasteiger partial charge in [-0.25, -0.2) is 9.97 Å². The number of aromatic nitrogens is 2. The first kappa shape index (κ1) is 14.3. The van der Waals surface area contributed by atoms with Gasteiger partial charge in [-0.05, 0) is 34.6 Å². The topological polar surface area (TPSA) is 47.5 Å². The molecule has 1 aromatic heterocycles. The van der Waals surface area contributed by atoms with E-state index in [1.165, 1.54) is 0 Å². The van der Waals surface area contributed by atoms with Crippen molar-refractivity contribution in [3.05, 3.63) is 12.4 Å². The molecule has 0 spiro atoms. The van der Waals surface area contributed by atoms with E-state index in [9.17, 15) is 0 Å². The van der Waals surface area contributed by atoms with Crippen molar-refractivity contribution >= 4 is 18.5 Å². The van der Waals surface area contributed by atoms with Crippen LogP contribution in [-0.2, 0) is 9.31 Å². The summed E-state index contributed by atoms with van der Waals surface area (Å²) in [5, 5.41) is 0. The highest BCUT2D eigenvalue weighted by Crippen LogP contribution is 2.36. The molecule has 1 saturated heterocycles. The maximum atomic E-state index is 5.96. The van der Waals surface area contributed by atoms with Gasteiger partial charge < -0.3 is 14.2 Å². The molecule has 0 saturated carbocycles. The van der Waals surface area contributed by atoms with Crippen molar-refractivity contribution < 1.29 is 9.31 Å². The van der Waals surface area contributed by atoms with Gasteiger partial charge in [0.05, 0.1) is 11.2 Å². The molecule has 0 atom stereocenters. The molecule has 0 bridgehead atoms. The van der Waals surface area contributed by atoms with Crippen LogP contribution in [0.2, 0.25) is 0 Å². The highest BCUT2D eigenvalue weighted by Gasteiger charge is 2.51. The van der Waals surface area contributed by atoms with Gasteiger partial charge in [0, 0.05) is 31.4 Å². The molecule has 1 aromatic rings. The Balaban J connectivity index is 2.17. The summed E-state index contributed by atoms with van der Waals surface area (Å²) >= 11 is 0. The van der Waals surface area contributed by atoms with Crippen LogP contribution in [0.1, 0.15) is 34.6 Å². The van der Waals surface area contributed by atoms with Gasteiger partial charge in [0.25, 0.3) is 0 Å². The van der Waals surface area contributed by atoms with E-state index in [0.717, 1.165) is 12.0 Å². The van der Waals surface area contributed by atoms with Crippen LogP contribution in [0, 0.1) is 0 Å². The molecule has 0 amide bonds. The standard InChI is InChI=1S/C13H22BN3O2/c1-7-17(6)11-15-8-10(9-16-11)14-18-12(2,3)13(4,5)19-14/h8-9H,7H2,1-6H3. The van der Waals surface area contributed by atoms with E-state index in [1.807, 2.05) is 39.6 Å². The van der Waals surface area contributed by atoms with Crippen LogP contribution >= 0.6 is 0 Å². The minimum atomic E-state index is -0.397. The van der Waals surface area contributed by atoms with Gasteiger partial charge in [-0.15, -0.1) is 0 Å². The van der Waals surface area contributed by atoms with Crippen molar-refractivity contribution in [1.29, 1.82) is 0 Å².